The predicted molar refractivity (Wildman–Crippen MR) is 91.7 cm³/mol. The Balaban J connectivity index is 1.92. The molecule has 128 valence electrons. The van der Waals surface area contributed by atoms with E-state index in [1.165, 1.54) is 6.92 Å². The second kappa shape index (κ2) is 6.47. The van der Waals surface area contributed by atoms with Crippen LogP contribution in [0.4, 0.5) is 0 Å². The summed E-state index contributed by atoms with van der Waals surface area (Å²) < 4.78 is 0. The van der Waals surface area contributed by atoms with Gasteiger partial charge in [-0.1, -0.05) is 54.6 Å². The lowest BCUT2D eigenvalue weighted by atomic mass is 9.76. The highest BCUT2D eigenvalue weighted by atomic mass is 16.6. The molecule has 1 aliphatic rings. The molecule has 0 saturated carbocycles. The molecule has 0 aliphatic heterocycles. The van der Waals surface area contributed by atoms with Crippen molar-refractivity contribution >= 4 is 11.7 Å². The number of Topliss-reactive ketones (excluding diaryl/α,β-unsaturated/α-hetero) is 1. The second-order valence-electron chi connectivity index (χ2n) is 6.26. The van der Waals surface area contributed by atoms with Gasteiger partial charge in [0.15, 0.2) is 11.2 Å². The molecule has 0 bridgehead atoms. The maximum atomic E-state index is 13.0. The lowest BCUT2D eigenvalue weighted by Crippen LogP contribution is -2.54. The first-order valence-electron chi connectivity index (χ1n) is 8.05. The zero-order valence-electron chi connectivity index (χ0n) is 13.8. The number of fused-ring (bicyclic) bond motifs is 1. The number of nitrogens with one attached hydrogen (secondary N) is 1. The van der Waals surface area contributed by atoms with Gasteiger partial charge in [-0.15, -0.1) is 0 Å². The van der Waals surface area contributed by atoms with Crippen LogP contribution in [0.3, 0.4) is 0 Å². The summed E-state index contributed by atoms with van der Waals surface area (Å²) in [6, 6.07) is 14.7. The van der Waals surface area contributed by atoms with Gasteiger partial charge in [-0.2, -0.15) is 0 Å². The maximum Gasteiger partial charge on any atom is 0.241 e. The molecule has 1 amide bonds. The summed E-state index contributed by atoms with van der Waals surface area (Å²) in [6.45, 7) is 1.54. The van der Waals surface area contributed by atoms with Crippen molar-refractivity contribution in [3.05, 3.63) is 81.4 Å². The molecule has 1 aliphatic carbocycles. The summed E-state index contributed by atoms with van der Waals surface area (Å²) >= 11 is 0. The Bertz CT molecular complexity index is 834. The average Bonchev–Trinajstić information content (AvgIpc) is 2.94. The Hall–Kier alpha value is -3.02. The molecule has 2 unspecified atom stereocenters. The van der Waals surface area contributed by atoms with Crippen LogP contribution in [0.15, 0.2) is 54.6 Å². The number of amides is 1. The minimum Gasteiger partial charge on any atom is -0.351 e. The largest absolute Gasteiger partial charge is 0.351 e. The molecule has 3 rings (SSSR count). The van der Waals surface area contributed by atoms with Gasteiger partial charge in [0.2, 0.25) is 11.9 Å². The normalized spacial score (nSPS) is 20.0. The van der Waals surface area contributed by atoms with Gasteiger partial charge in [0, 0.05) is 30.4 Å². The van der Waals surface area contributed by atoms with Crippen LogP contribution >= 0.6 is 0 Å². The third kappa shape index (κ3) is 2.80. The Morgan fingerprint density at radius 2 is 1.84 bits per heavy atom. The molecular weight excluding hydrogens is 320 g/mol. The van der Waals surface area contributed by atoms with Crippen LogP contribution in [0.2, 0.25) is 0 Å². The molecule has 2 aromatic carbocycles. The van der Waals surface area contributed by atoms with Crippen molar-refractivity contribution in [1.29, 1.82) is 0 Å². The molecule has 0 aromatic heterocycles. The lowest BCUT2D eigenvalue weighted by Gasteiger charge is -2.27. The van der Waals surface area contributed by atoms with Crippen molar-refractivity contribution in [2.24, 2.45) is 5.41 Å². The van der Waals surface area contributed by atoms with E-state index in [9.17, 15) is 19.7 Å². The van der Waals surface area contributed by atoms with E-state index >= 15 is 0 Å². The molecule has 25 heavy (non-hydrogen) atoms. The van der Waals surface area contributed by atoms with E-state index in [0.29, 0.717) is 11.1 Å². The van der Waals surface area contributed by atoms with Gasteiger partial charge in [-0.3, -0.25) is 19.7 Å². The first-order valence-corrected chi connectivity index (χ1v) is 8.05. The number of carbonyl (C=O) groups is 2. The maximum absolute atomic E-state index is 13.0. The van der Waals surface area contributed by atoms with E-state index in [4.69, 9.17) is 0 Å². The van der Waals surface area contributed by atoms with E-state index in [1.807, 2.05) is 30.3 Å². The lowest BCUT2D eigenvalue weighted by molar-refractivity contribution is -0.529. The summed E-state index contributed by atoms with van der Waals surface area (Å²) in [5.74, 6) is -1.07. The van der Waals surface area contributed by atoms with Gasteiger partial charge in [0.25, 0.3) is 0 Å². The molecule has 0 heterocycles. The standard InChI is InChI=1S/C19H18N2O4/c1-13(21(24)25)19(11-15-9-5-6-10-16(15)17(19)22)18(23)20-12-14-7-3-2-4-8-14/h2-10,13H,11-12H2,1H3,(H,20,23). The van der Waals surface area contributed by atoms with Crippen LogP contribution < -0.4 is 5.32 Å². The van der Waals surface area contributed by atoms with Gasteiger partial charge in [0.1, 0.15) is 0 Å². The highest BCUT2D eigenvalue weighted by Crippen LogP contribution is 2.41. The summed E-state index contributed by atoms with van der Waals surface area (Å²) in [5.41, 5.74) is 0.229. The first kappa shape index (κ1) is 16.8. The van der Waals surface area contributed by atoms with Crippen molar-refractivity contribution in [2.45, 2.75) is 25.9 Å². The van der Waals surface area contributed by atoms with Gasteiger partial charge in [0.05, 0.1) is 0 Å². The number of carbonyl (C=O) groups excluding carboxylic acids is 2. The Morgan fingerprint density at radius 1 is 1.20 bits per heavy atom. The molecule has 0 saturated heterocycles. The van der Waals surface area contributed by atoms with Crippen molar-refractivity contribution in [3.8, 4) is 0 Å². The van der Waals surface area contributed by atoms with Gasteiger partial charge in [-0.05, 0) is 11.1 Å². The quantitative estimate of drug-likeness (QED) is 0.515. The summed E-state index contributed by atoms with van der Waals surface area (Å²) in [5, 5.41) is 14.2. The molecule has 2 atom stereocenters. The molecule has 0 spiro atoms. The highest BCUT2D eigenvalue weighted by Gasteiger charge is 2.60. The molecule has 0 radical (unpaired) electrons. The Kier molecular flexibility index (Phi) is 4.35. The van der Waals surface area contributed by atoms with Crippen molar-refractivity contribution in [3.63, 3.8) is 0 Å². The van der Waals surface area contributed by atoms with Crippen LogP contribution in [-0.2, 0) is 17.8 Å². The third-order valence-electron chi connectivity index (χ3n) is 4.87. The van der Waals surface area contributed by atoms with Crippen molar-refractivity contribution in [1.82, 2.24) is 5.32 Å². The number of rotatable bonds is 5. The van der Waals surface area contributed by atoms with Gasteiger partial charge < -0.3 is 5.32 Å². The summed E-state index contributed by atoms with van der Waals surface area (Å²) in [6.07, 6.45) is 0.0464. The topological polar surface area (TPSA) is 89.3 Å². The first-order chi connectivity index (χ1) is 12.0. The van der Waals surface area contributed by atoms with Crippen molar-refractivity contribution < 1.29 is 14.5 Å². The SMILES string of the molecule is CC([N+](=O)[O-])C1(C(=O)NCc2ccccc2)Cc2ccccc2C1=O. The van der Waals surface area contributed by atoms with Crippen LogP contribution in [0.25, 0.3) is 0 Å². The Morgan fingerprint density at radius 3 is 2.48 bits per heavy atom. The molecule has 6 heteroatoms. The number of benzene rings is 2. The minimum absolute atomic E-state index is 0.0464. The van der Waals surface area contributed by atoms with Crippen LogP contribution in [-0.4, -0.2) is 22.7 Å². The van der Waals surface area contributed by atoms with Gasteiger partial charge >= 0.3 is 0 Å². The fraction of sp³-hybridized carbons (Fsp3) is 0.263. The van der Waals surface area contributed by atoms with Crippen molar-refractivity contribution in [2.75, 3.05) is 0 Å². The number of hydrogen-bond donors (Lipinski definition) is 1. The van der Waals surface area contributed by atoms with E-state index in [2.05, 4.69) is 5.32 Å². The third-order valence-corrected chi connectivity index (χ3v) is 4.87. The fourth-order valence-corrected chi connectivity index (χ4v) is 3.34. The van der Waals surface area contributed by atoms with E-state index in [1.54, 1.807) is 24.3 Å². The number of hydrogen-bond acceptors (Lipinski definition) is 4. The minimum atomic E-state index is -1.71. The van der Waals surface area contributed by atoms with E-state index < -0.39 is 28.1 Å². The summed E-state index contributed by atoms with van der Waals surface area (Å²) in [4.78, 5) is 36.8. The number of nitro groups is 1. The zero-order valence-corrected chi connectivity index (χ0v) is 13.8. The average molecular weight is 338 g/mol. The molecular formula is C19H18N2O4. The van der Waals surface area contributed by atoms with Crippen LogP contribution in [0, 0.1) is 15.5 Å². The van der Waals surface area contributed by atoms with Crippen LogP contribution in [0.1, 0.15) is 28.4 Å². The molecule has 1 N–H and O–H groups in total. The van der Waals surface area contributed by atoms with Crippen LogP contribution in [0.5, 0.6) is 0 Å². The Labute approximate surface area is 145 Å². The zero-order chi connectivity index (χ0) is 18.0. The van der Waals surface area contributed by atoms with Gasteiger partial charge in [-0.25, -0.2) is 0 Å². The number of nitrogens with zero attached hydrogens (tertiary/aromatic N) is 1. The second-order valence-corrected chi connectivity index (χ2v) is 6.26. The summed E-state index contributed by atoms with van der Waals surface area (Å²) in [7, 11) is 0. The van der Waals surface area contributed by atoms with E-state index in [0.717, 1.165) is 5.56 Å². The predicted octanol–water partition coefficient (Wildman–Crippen LogP) is 2.39. The molecule has 0 fully saturated rings. The fourth-order valence-electron chi connectivity index (χ4n) is 3.34. The molecule has 2 aromatic rings. The number of ketones is 1. The monoisotopic (exact) mass is 338 g/mol. The smallest absolute Gasteiger partial charge is 0.241 e. The highest BCUT2D eigenvalue weighted by molar-refractivity contribution is 6.17. The molecule has 6 nitrogen and oxygen atoms in total. The van der Waals surface area contributed by atoms with E-state index in [-0.39, 0.29) is 13.0 Å².